The summed E-state index contributed by atoms with van der Waals surface area (Å²) in [6.07, 6.45) is 3.88. The van der Waals surface area contributed by atoms with Gasteiger partial charge in [0.15, 0.2) is 5.78 Å². The van der Waals surface area contributed by atoms with Crippen molar-refractivity contribution in [2.75, 3.05) is 9.80 Å². The van der Waals surface area contributed by atoms with E-state index in [1.54, 1.807) is 48.5 Å². The quantitative estimate of drug-likeness (QED) is 0.372. The number of carbonyl (C=O) groups excluding carboxylic acids is 3. The van der Waals surface area contributed by atoms with E-state index in [0.717, 1.165) is 16.2 Å². The third-order valence-corrected chi connectivity index (χ3v) is 7.48. The number of hydrogen-bond donors (Lipinski definition) is 0. The number of nitrogens with zero attached hydrogens (tertiary/aromatic N) is 2. The van der Waals surface area contributed by atoms with Crippen molar-refractivity contribution in [2.24, 2.45) is 11.8 Å². The predicted molar refractivity (Wildman–Crippen MR) is 132 cm³/mol. The number of carbonyl (C=O) groups is 3. The number of hydrogen-bond acceptors (Lipinski definition) is 4. The Bertz CT molecular complexity index is 1380. The number of fused-ring (bicyclic) bond motifs is 5. The molecule has 0 bridgehead atoms. The van der Waals surface area contributed by atoms with Crippen molar-refractivity contribution in [2.45, 2.75) is 12.1 Å². The first-order valence-electron chi connectivity index (χ1n) is 10.9. The molecule has 4 unspecified atom stereocenters. The zero-order chi connectivity index (χ0) is 23.6. The van der Waals surface area contributed by atoms with Crippen LogP contribution in [0, 0.1) is 11.8 Å². The number of amides is 2. The van der Waals surface area contributed by atoms with Crippen molar-refractivity contribution < 1.29 is 14.4 Å². The van der Waals surface area contributed by atoms with E-state index in [0.29, 0.717) is 21.3 Å². The molecule has 2 saturated heterocycles. The van der Waals surface area contributed by atoms with Gasteiger partial charge in [0.1, 0.15) is 6.04 Å². The van der Waals surface area contributed by atoms with E-state index >= 15 is 0 Å². The highest BCUT2D eigenvalue weighted by Gasteiger charge is 2.64. The second-order valence-corrected chi connectivity index (χ2v) is 9.49. The molecule has 0 saturated carbocycles. The van der Waals surface area contributed by atoms with Crippen LogP contribution in [0.3, 0.4) is 0 Å². The van der Waals surface area contributed by atoms with Gasteiger partial charge in [-0.1, -0.05) is 65.7 Å². The van der Waals surface area contributed by atoms with Crippen molar-refractivity contribution in [1.82, 2.24) is 0 Å². The maximum Gasteiger partial charge on any atom is 0.240 e. The van der Waals surface area contributed by atoms with Crippen LogP contribution in [-0.2, 0) is 9.59 Å². The summed E-state index contributed by atoms with van der Waals surface area (Å²) in [5.41, 5.74) is 2.56. The summed E-state index contributed by atoms with van der Waals surface area (Å²) < 4.78 is 0. The molecule has 168 valence electrons. The lowest BCUT2D eigenvalue weighted by molar-refractivity contribution is -0.122. The van der Waals surface area contributed by atoms with Crippen LogP contribution in [0.15, 0.2) is 78.9 Å². The molecule has 0 aliphatic carbocycles. The lowest BCUT2D eigenvalue weighted by Gasteiger charge is -2.36. The second-order valence-electron chi connectivity index (χ2n) is 8.65. The average molecular weight is 489 g/mol. The SMILES string of the molecule is O=C(c1ccc(Cl)cc1)C1C2C(=O)N(c3ccccc3Cl)C(=O)C2C2C=Cc3ccccc3N21. The van der Waals surface area contributed by atoms with Crippen LogP contribution in [0.5, 0.6) is 0 Å². The summed E-state index contributed by atoms with van der Waals surface area (Å²) in [4.78, 5) is 44.6. The van der Waals surface area contributed by atoms with E-state index in [4.69, 9.17) is 23.2 Å². The molecule has 0 radical (unpaired) electrons. The minimum atomic E-state index is -0.841. The zero-order valence-corrected chi connectivity index (χ0v) is 19.3. The predicted octanol–water partition coefficient (Wildman–Crippen LogP) is 5.27. The van der Waals surface area contributed by atoms with Crippen LogP contribution in [0.25, 0.3) is 6.08 Å². The molecule has 34 heavy (non-hydrogen) atoms. The van der Waals surface area contributed by atoms with Gasteiger partial charge in [-0.15, -0.1) is 0 Å². The van der Waals surface area contributed by atoms with Gasteiger partial charge in [0.05, 0.1) is 28.6 Å². The first-order valence-corrected chi connectivity index (χ1v) is 11.7. The second kappa shape index (κ2) is 7.83. The largest absolute Gasteiger partial charge is 0.352 e. The number of imide groups is 1. The molecule has 3 heterocycles. The van der Waals surface area contributed by atoms with Crippen molar-refractivity contribution in [1.29, 1.82) is 0 Å². The van der Waals surface area contributed by atoms with Gasteiger partial charge in [-0.3, -0.25) is 14.4 Å². The van der Waals surface area contributed by atoms with Gasteiger partial charge in [-0.05, 0) is 48.0 Å². The Hall–Kier alpha value is -3.41. The summed E-state index contributed by atoms with van der Waals surface area (Å²) in [6.45, 7) is 0. The van der Waals surface area contributed by atoms with E-state index in [-0.39, 0.29) is 11.7 Å². The van der Waals surface area contributed by atoms with Crippen molar-refractivity contribution in [3.8, 4) is 0 Å². The summed E-state index contributed by atoms with van der Waals surface area (Å²) in [6, 6.07) is 19.8. The number of para-hydroxylation sites is 2. The highest BCUT2D eigenvalue weighted by Crippen LogP contribution is 2.50. The average Bonchev–Trinajstić information content (AvgIpc) is 3.32. The molecule has 3 aromatic rings. The van der Waals surface area contributed by atoms with Crippen molar-refractivity contribution >= 4 is 58.3 Å². The van der Waals surface area contributed by atoms with Crippen LogP contribution in [-0.4, -0.2) is 29.7 Å². The van der Waals surface area contributed by atoms with Gasteiger partial charge < -0.3 is 4.90 Å². The molecule has 2 fully saturated rings. The molecule has 7 heteroatoms. The Balaban J connectivity index is 1.51. The molecular weight excluding hydrogens is 471 g/mol. The molecule has 0 spiro atoms. The number of benzene rings is 3. The molecule has 3 aromatic carbocycles. The number of rotatable bonds is 3. The first-order chi connectivity index (χ1) is 16.5. The zero-order valence-electron chi connectivity index (χ0n) is 17.8. The van der Waals surface area contributed by atoms with E-state index in [1.807, 2.05) is 41.3 Å². The lowest BCUT2D eigenvalue weighted by Crippen LogP contribution is -2.48. The van der Waals surface area contributed by atoms with Crippen LogP contribution >= 0.6 is 23.2 Å². The van der Waals surface area contributed by atoms with Gasteiger partial charge in [0.25, 0.3) is 0 Å². The van der Waals surface area contributed by atoms with Crippen LogP contribution in [0.4, 0.5) is 11.4 Å². The van der Waals surface area contributed by atoms with E-state index < -0.39 is 29.8 Å². The van der Waals surface area contributed by atoms with Gasteiger partial charge in [0.2, 0.25) is 11.8 Å². The standard InChI is InChI=1S/C27H18Cl2N2O3/c28-17-12-9-16(10-13-17)25(32)24-23-22(21-14-11-15-5-1-3-7-19(15)30(21)24)26(33)31(27(23)34)20-8-4-2-6-18(20)29/h1-14,21-24H. The fourth-order valence-corrected chi connectivity index (χ4v) is 5.82. The smallest absolute Gasteiger partial charge is 0.240 e. The van der Waals surface area contributed by atoms with Gasteiger partial charge in [-0.25, -0.2) is 4.90 Å². The molecule has 3 aliphatic heterocycles. The van der Waals surface area contributed by atoms with Gasteiger partial charge >= 0.3 is 0 Å². The molecular formula is C27H18Cl2N2O3. The number of halogens is 2. The van der Waals surface area contributed by atoms with Crippen LogP contribution in [0.1, 0.15) is 15.9 Å². The minimum absolute atomic E-state index is 0.221. The van der Waals surface area contributed by atoms with Crippen LogP contribution in [0.2, 0.25) is 10.0 Å². The Labute approximate surface area is 206 Å². The summed E-state index contributed by atoms with van der Waals surface area (Å²) in [7, 11) is 0. The highest BCUT2D eigenvalue weighted by atomic mass is 35.5. The fourth-order valence-electron chi connectivity index (χ4n) is 5.47. The first kappa shape index (κ1) is 21.1. The van der Waals surface area contributed by atoms with E-state index in [1.165, 1.54) is 0 Å². The Morgan fingerprint density at radius 2 is 1.41 bits per heavy atom. The Morgan fingerprint density at radius 1 is 0.765 bits per heavy atom. The van der Waals surface area contributed by atoms with Crippen LogP contribution < -0.4 is 9.80 Å². The van der Waals surface area contributed by atoms with Gasteiger partial charge in [0, 0.05) is 16.3 Å². The maximum absolute atomic E-state index is 13.9. The topological polar surface area (TPSA) is 57.7 Å². The molecule has 0 N–H and O–H groups in total. The van der Waals surface area contributed by atoms with Crippen molar-refractivity contribution in [3.05, 3.63) is 100 Å². The summed E-state index contributed by atoms with van der Waals surface area (Å²) >= 11 is 12.4. The van der Waals surface area contributed by atoms with Gasteiger partial charge in [-0.2, -0.15) is 0 Å². The fraction of sp³-hybridized carbons (Fsp3) is 0.148. The molecule has 5 nitrogen and oxygen atoms in total. The summed E-state index contributed by atoms with van der Waals surface area (Å²) in [5.74, 6) is -2.51. The van der Waals surface area contributed by atoms with E-state index in [9.17, 15) is 14.4 Å². The lowest BCUT2D eigenvalue weighted by atomic mass is 9.86. The Morgan fingerprint density at radius 3 is 2.15 bits per heavy atom. The molecule has 2 amide bonds. The normalized spacial score (nSPS) is 24.8. The maximum atomic E-state index is 13.9. The molecule has 3 aliphatic rings. The Kier molecular flexibility index (Phi) is 4.87. The third-order valence-electron chi connectivity index (χ3n) is 6.91. The summed E-state index contributed by atoms with van der Waals surface area (Å²) in [5, 5.41) is 0.827. The highest BCUT2D eigenvalue weighted by molar-refractivity contribution is 6.36. The minimum Gasteiger partial charge on any atom is -0.352 e. The molecule has 0 aromatic heterocycles. The third kappa shape index (κ3) is 2.97. The monoisotopic (exact) mass is 488 g/mol. The molecule has 6 rings (SSSR count). The number of Topliss-reactive ketones (excluding diaryl/α,β-unsaturated/α-hetero) is 1. The van der Waals surface area contributed by atoms with Crippen molar-refractivity contribution in [3.63, 3.8) is 0 Å². The number of ketones is 1. The van der Waals surface area contributed by atoms with E-state index in [2.05, 4.69) is 0 Å². The molecule has 4 atom stereocenters. The number of anilines is 2.